The first-order valence-electron chi connectivity index (χ1n) is 6.72. The lowest BCUT2D eigenvalue weighted by atomic mass is 9.84. The smallest absolute Gasteiger partial charge is 0.273 e. The van der Waals surface area contributed by atoms with Crippen molar-refractivity contribution in [2.75, 3.05) is 11.9 Å². The third kappa shape index (κ3) is 5.39. The van der Waals surface area contributed by atoms with Gasteiger partial charge in [0.2, 0.25) is 5.91 Å². The molecule has 0 aliphatic carbocycles. The molecule has 0 aliphatic heterocycles. The van der Waals surface area contributed by atoms with E-state index in [2.05, 4.69) is 5.32 Å². The van der Waals surface area contributed by atoms with Gasteiger partial charge in [0, 0.05) is 12.5 Å². The molecule has 0 aromatic heterocycles. The third-order valence-electron chi connectivity index (χ3n) is 3.32. The summed E-state index contributed by atoms with van der Waals surface area (Å²) in [4.78, 5) is 21.8. The number of hydrogen-bond donors (Lipinski definition) is 3. The van der Waals surface area contributed by atoms with Gasteiger partial charge in [0.15, 0.2) is 0 Å². The van der Waals surface area contributed by atoms with Gasteiger partial charge in [-0.05, 0) is 30.9 Å². The fourth-order valence-corrected chi connectivity index (χ4v) is 1.92. The Morgan fingerprint density at radius 1 is 1.43 bits per heavy atom. The van der Waals surface area contributed by atoms with Gasteiger partial charge in [-0.15, -0.1) is 0 Å². The van der Waals surface area contributed by atoms with Crippen molar-refractivity contribution in [2.45, 2.75) is 33.1 Å². The zero-order valence-electron chi connectivity index (χ0n) is 12.3. The molecular formula is C14H21N3O4. The summed E-state index contributed by atoms with van der Waals surface area (Å²) >= 11 is 0. The minimum absolute atomic E-state index is 0.0242. The first-order chi connectivity index (χ1) is 9.75. The van der Waals surface area contributed by atoms with Crippen LogP contribution in [-0.2, 0) is 4.79 Å². The van der Waals surface area contributed by atoms with Gasteiger partial charge in [-0.25, -0.2) is 0 Å². The van der Waals surface area contributed by atoms with Crippen molar-refractivity contribution in [1.82, 2.24) is 0 Å². The molecule has 0 bridgehead atoms. The summed E-state index contributed by atoms with van der Waals surface area (Å²) in [6, 6.07) is 3.55. The van der Waals surface area contributed by atoms with Crippen LogP contribution in [0.2, 0.25) is 0 Å². The lowest BCUT2D eigenvalue weighted by molar-refractivity contribution is -0.384. The zero-order valence-corrected chi connectivity index (χ0v) is 12.3. The molecule has 0 spiro atoms. The van der Waals surface area contributed by atoms with Gasteiger partial charge in [-0.2, -0.15) is 0 Å². The number of nitrogens with two attached hydrogens (primary N) is 1. The van der Waals surface area contributed by atoms with Crippen LogP contribution in [0.4, 0.5) is 11.4 Å². The molecule has 0 aliphatic rings. The van der Waals surface area contributed by atoms with Crippen molar-refractivity contribution in [1.29, 1.82) is 0 Å². The number of nitro benzene ring substituents is 1. The number of carbonyl (C=O) groups is 1. The van der Waals surface area contributed by atoms with Crippen LogP contribution in [0.25, 0.3) is 0 Å². The number of nitro groups is 1. The van der Waals surface area contributed by atoms with E-state index < -0.39 is 4.92 Å². The van der Waals surface area contributed by atoms with Gasteiger partial charge in [0.25, 0.3) is 5.69 Å². The molecule has 0 heterocycles. The van der Waals surface area contributed by atoms with Crippen LogP contribution in [0.15, 0.2) is 18.2 Å². The Balaban J connectivity index is 2.61. The van der Waals surface area contributed by atoms with Crippen molar-refractivity contribution in [3.63, 3.8) is 0 Å². The highest BCUT2D eigenvalue weighted by Gasteiger charge is 2.19. The number of benzene rings is 1. The Hall–Kier alpha value is -2.15. The summed E-state index contributed by atoms with van der Waals surface area (Å²) in [7, 11) is 0. The second-order valence-electron chi connectivity index (χ2n) is 5.71. The number of carbonyl (C=O) groups excluding carboxylic acids is 1. The summed E-state index contributed by atoms with van der Waals surface area (Å²) < 4.78 is 0. The highest BCUT2D eigenvalue weighted by Crippen LogP contribution is 2.29. The Morgan fingerprint density at radius 2 is 2.10 bits per heavy atom. The highest BCUT2D eigenvalue weighted by molar-refractivity contribution is 5.92. The Labute approximate surface area is 123 Å². The lowest BCUT2D eigenvalue weighted by Gasteiger charge is -2.23. The maximum absolute atomic E-state index is 11.8. The lowest BCUT2D eigenvalue weighted by Crippen LogP contribution is -2.20. The Kier molecular flexibility index (Phi) is 5.66. The molecule has 7 nitrogen and oxygen atoms in total. The molecule has 0 saturated carbocycles. The molecule has 1 aromatic rings. The quantitative estimate of drug-likeness (QED) is 0.405. The maximum atomic E-state index is 11.8. The van der Waals surface area contributed by atoms with E-state index >= 15 is 0 Å². The highest BCUT2D eigenvalue weighted by atomic mass is 16.6. The molecule has 0 fully saturated rings. The van der Waals surface area contributed by atoms with Crippen molar-refractivity contribution in [3.8, 4) is 5.75 Å². The molecule has 0 unspecified atom stereocenters. The fourth-order valence-electron chi connectivity index (χ4n) is 1.92. The van der Waals surface area contributed by atoms with Crippen LogP contribution in [0.1, 0.15) is 33.1 Å². The summed E-state index contributed by atoms with van der Waals surface area (Å²) in [6.07, 6.45) is 1.79. The van der Waals surface area contributed by atoms with E-state index in [0.717, 1.165) is 12.5 Å². The molecule has 0 atom stereocenters. The minimum atomic E-state index is -0.610. The molecule has 7 heteroatoms. The molecule has 116 valence electrons. The predicted octanol–water partition coefficient (Wildman–Crippen LogP) is 2.39. The molecular weight excluding hydrogens is 274 g/mol. The van der Waals surface area contributed by atoms with Gasteiger partial charge < -0.3 is 16.2 Å². The number of amides is 1. The Bertz CT molecular complexity index is 529. The maximum Gasteiger partial charge on any atom is 0.273 e. The van der Waals surface area contributed by atoms with Gasteiger partial charge in [0.05, 0.1) is 16.7 Å². The first-order valence-corrected chi connectivity index (χ1v) is 6.72. The summed E-state index contributed by atoms with van der Waals surface area (Å²) in [5, 5.41) is 22.8. The average molecular weight is 295 g/mol. The number of nitrogens with zero attached hydrogens (tertiary/aromatic N) is 1. The molecule has 1 rings (SSSR count). The monoisotopic (exact) mass is 295 g/mol. The standard InChI is InChI=1S/C14H21N3O4/c1-14(2,7-8-15)6-5-13(19)16-11-4-3-10(17(20)21)9-12(11)18/h3-4,9,18H,5-8,15H2,1-2H3,(H,16,19). The zero-order chi connectivity index (χ0) is 16.0. The number of hydrogen-bond acceptors (Lipinski definition) is 5. The number of anilines is 1. The molecule has 4 N–H and O–H groups in total. The van der Waals surface area contributed by atoms with Gasteiger partial charge in [0.1, 0.15) is 5.75 Å². The predicted molar refractivity (Wildman–Crippen MR) is 80.1 cm³/mol. The molecule has 0 radical (unpaired) electrons. The second kappa shape index (κ2) is 7.03. The number of phenols is 1. The van der Waals surface area contributed by atoms with Gasteiger partial charge in [-0.3, -0.25) is 14.9 Å². The SMILES string of the molecule is CC(C)(CCN)CCC(=O)Nc1ccc([N+](=O)[O-])cc1O. The van der Waals surface area contributed by atoms with Crippen LogP contribution in [0.5, 0.6) is 5.75 Å². The van der Waals surface area contributed by atoms with Crippen LogP contribution < -0.4 is 11.1 Å². The van der Waals surface area contributed by atoms with Crippen LogP contribution in [0, 0.1) is 15.5 Å². The van der Waals surface area contributed by atoms with Crippen LogP contribution in [-0.4, -0.2) is 22.5 Å². The fraction of sp³-hybridized carbons (Fsp3) is 0.500. The largest absolute Gasteiger partial charge is 0.506 e. The van der Waals surface area contributed by atoms with E-state index in [0.29, 0.717) is 19.4 Å². The van der Waals surface area contributed by atoms with Crippen molar-refractivity contribution in [2.24, 2.45) is 11.1 Å². The van der Waals surface area contributed by atoms with E-state index in [1.54, 1.807) is 0 Å². The summed E-state index contributed by atoms with van der Waals surface area (Å²) in [5.74, 6) is -0.567. The van der Waals surface area contributed by atoms with Gasteiger partial charge >= 0.3 is 0 Å². The first kappa shape index (κ1) is 16.9. The van der Waals surface area contributed by atoms with E-state index in [1.807, 2.05) is 13.8 Å². The Morgan fingerprint density at radius 3 is 2.62 bits per heavy atom. The minimum Gasteiger partial charge on any atom is -0.506 e. The number of nitrogens with one attached hydrogen (secondary N) is 1. The van der Waals surface area contributed by atoms with E-state index in [-0.39, 0.29) is 28.4 Å². The summed E-state index contributed by atoms with van der Waals surface area (Å²) in [5.41, 5.74) is 5.43. The number of non-ortho nitro benzene ring substituents is 1. The normalized spacial score (nSPS) is 11.2. The summed E-state index contributed by atoms with van der Waals surface area (Å²) in [6.45, 7) is 4.64. The number of rotatable bonds is 7. The van der Waals surface area contributed by atoms with Crippen LogP contribution in [0.3, 0.4) is 0 Å². The average Bonchev–Trinajstić information content (AvgIpc) is 2.38. The molecule has 1 amide bonds. The number of aromatic hydroxyl groups is 1. The topological polar surface area (TPSA) is 118 Å². The van der Waals surface area contributed by atoms with Gasteiger partial charge in [-0.1, -0.05) is 13.8 Å². The molecule has 21 heavy (non-hydrogen) atoms. The molecule has 0 saturated heterocycles. The number of phenolic OH excluding ortho intramolecular Hbond substituents is 1. The van der Waals surface area contributed by atoms with Crippen molar-refractivity contribution >= 4 is 17.3 Å². The van der Waals surface area contributed by atoms with E-state index in [9.17, 15) is 20.0 Å². The van der Waals surface area contributed by atoms with Crippen molar-refractivity contribution in [3.05, 3.63) is 28.3 Å². The van der Waals surface area contributed by atoms with Crippen LogP contribution >= 0.6 is 0 Å². The second-order valence-corrected chi connectivity index (χ2v) is 5.71. The molecule has 1 aromatic carbocycles. The van der Waals surface area contributed by atoms with E-state index in [1.165, 1.54) is 12.1 Å². The van der Waals surface area contributed by atoms with E-state index in [4.69, 9.17) is 5.73 Å². The van der Waals surface area contributed by atoms with Crippen molar-refractivity contribution < 1.29 is 14.8 Å². The third-order valence-corrected chi connectivity index (χ3v) is 3.32.